The molecule has 0 fully saturated rings. The molecule has 9 rings (SSSR count). The summed E-state index contributed by atoms with van der Waals surface area (Å²) in [5, 5.41) is 2.50. The van der Waals surface area contributed by atoms with Crippen molar-refractivity contribution in [1.29, 1.82) is 0 Å². The molecule has 1 aliphatic carbocycles. The highest BCUT2D eigenvalue weighted by Crippen LogP contribution is 2.60. The molecule has 0 unspecified atom stereocenters. The Balaban J connectivity index is 1.45. The quantitative estimate of drug-likeness (QED) is 0.192. The van der Waals surface area contributed by atoms with E-state index in [1.807, 2.05) is 0 Å². The molecule has 1 nitrogen and oxygen atoms in total. The van der Waals surface area contributed by atoms with E-state index in [9.17, 15) is 0 Å². The first-order valence-corrected chi connectivity index (χ1v) is 16.2. The maximum absolute atomic E-state index is 5.22. The second-order valence-electron chi connectivity index (χ2n) is 12.3. The molecule has 0 radical (unpaired) electrons. The van der Waals surface area contributed by atoms with Crippen LogP contribution in [0.4, 0.5) is 0 Å². The molecule has 220 valence electrons. The van der Waals surface area contributed by atoms with Crippen molar-refractivity contribution in [3.63, 3.8) is 0 Å². The lowest BCUT2D eigenvalue weighted by atomic mass is 9.66. The van der Waals surface area contributed by atoms with E-state index in [0.717, 1.165) is 28.1 Å². The number of rotatable bonds is 5. The van der Waals surface area contributed by atoms with Crippen LogP contribution in [0.2, 0.25) is 0 Å². The molecule has 7 aromatic carbocycles. The number of aromatic nitrogens is 1. The van der Waals surface area contributed by atoms with Crippen LogP contribution < -0.4 is 0 Å². The van der Waals surface area contributed by atoms with Gasteiger partial charge in [-0.2, -0.15) is 0 Å². The second kappa shape index (κ2) is 11.1. The van der Waals surface area contributed by atoms with E-state index < -0.39 is 5.41 Å². The predicted molar refractivity (Wildman–Crippen MR) is 195 cm³/mol. The molecule has 0 saturated heterocycles. The number of hydrogen-bond donors (Lipinski definition) is 0. The van der Waals surface area contributed by atoms with Crippen LogP contribution in [0, 0.1) is 0 Å². The number of nitrogens with zero attached hydrogens (tertiary/aromatic N) is 1. The summed E-state index contributed by atoms with van der Waals surface area (Å²) in [6, 6.07) is 68.1. The molecule has 0 saturated carbocycles. The van der Waals surface area contributed by atoms with Gasteiger partial charge in [-0.25, -0.2) is 4.98 Å². The third-order valence-corrected chi connectivity index (χ3v) is 9.71. The molecule has 0 amide bonds. The number of fused-ring (bicyclic) bond motifs is 5. The average molecular weight is 598 g/mol. The van der Waals surface area contributed by atoms with Gasteiger partial charge in [-0.1, -0.05) is 170 Å². The van der Waals surface area contributed by atoms with Gasteiger partial charge in [-0.3, -0.25) is 0 Å². The smallest absolute Gasteiger partial charge is 0.0719 e. The lowest BCUT2D eigenvalue weighted by Gasteiger charge is -2.35. The van der Waals surface area contributed by atoms with Gasteiger partial charge in [0.2, 0.25) is 0 Å². The summed E-state index contributed by atoms with van der Waals surface area (Å²) in [6.45, 7) is 0. The van der Waals surface area contributed by atoms with Crippen molar-refractivity contribution in [3.05, 3.63) is 210 Å². The second-order valence-corrected chi connectivity index (χ2v) is 12.3. The Morgan fingerprint density at radius 1 is 0.383 bits per heavy atom. The van der Waals surface area contributed by atoms with Crippen LogP contribution >= 0.6 is 0 Å². The van der Waals surface area contributed by atoms with Gasteiger partial charge in [0.05, 0.1) is 16.8 Å². The van der Waals surface area contributed by atoms with Crippen LogP contribution in [0.3, 0.4) is 0 Å². The van der Waals surface area contributed by atoms with Crippen LogP contribution in [0.25, 0.3) is 55.5 Å². The van der Waals surface area contributed by atoms with Gasteiger partial charge in [0.1, 0.15) is 0 Å². The zero-order valence-corrected chi connectivity index (χ0v) is 25.8. The molecule has 0 atom stereocenters. The van der Waals surface area contributed by atoms with E-state index in [1.54, 1.807) is 0 Å². The number of benzene rings is 7. The minimum Gasteiger partial charge on any atom is -0.248 e. The molecule has 0 N–H and O–H groups in total. The van der Waals surface area contributed by atoms with Crippen molar-refractivity contribution in [2.75, 3.05) is 0 Å². The van der Waals surface area contributed by atoms with Gasteiger partial charge >= 0.3 is 0 Å². The average Bonchev–Trinajstić information content (AvgIpc) is 3.48. The molecule has 0 spiro atoms. The van der Waals surface area contributed by atoms with Crippen LogP contribution in [0.5, 0.6) is 0 Å². The van der Waals surface area contributed by atoms with Gasteiger partial charge < -0.3 is 0 Å². The third-order valence-electron chi connectivity index (χ3n) is 9.71. The fourth-order valence-electron chi connectivity index (χ4n) is 7.75. The zero-order chi connectivity index (χ0) is 31.2. The Morgan fingerprint density at radius 2 is 0.872 bits per heavy atom. The molecule has 47 heavy (non-hydrogen) atoms. The van der Waals surface area contributed by atoms with Crippen molar-refractivity contribution >= 4 is 10.8 Å². The maximum Gasteiger partial charge on any atom is 0.0719 e. The normalized spacial score (nSPS) is 12.9. The van der Waals surface area contributed by atoms with Crippen molar-refractivity contribution in [2.45, 2.75) is 5.41 Å². The first-order chi connectivity index (χ1) is 23.3. The van der Waals surface area contributed by atoms with Crippen molar-refractivity contribution in [3.8, 4) is 44.8 Å². The maximum atomic E-state index is 5.22. The molecule has 1 aromatic heterocycles. The Bertz CT molecular complexity index is 2280. The van der Waals surface area contributed by atoms with Crippen LogP contribution in [-0.4, -0.2) is 4.98 Å². The van der Waals surface area contributed by atoms with Gasteiger partial charge in [0, 0.05) is 11.1 Å². The molecule has 0 aliphatic heterocycles. The highest BCUT2D eigenvalue weighted by Gasteiger charge is 2.48. The number of hydrogen-bond acceptors (Lipinski definition) is 1. The molecular formula is C46H31N. The zero-order valence-electron chi connectivity index (χ0n) is 25.8. The van der Waals surface area contributed by atoms with E-state index in [2.05, 4.69) is 188 Å². The predicted octanol–water partition coefficient (Wildman–Crippen LogP) is 11.6. The fraction of sp³-hybridized carbons (Fsp3) is 0.0217. The van der Waals surface area contributed by atoms with Gasteiger partial charge in [-0.05, 0) is 73.5 Å². The van der Waals surface area contributed by atoms with Crippen LogP contribution in [-0.2, 0) is 5.41 Å². The first kappa shape index (κ1) is 27.3. The third kappa shape index (κ3) is 4.28. The topological polar surface area (TPSA) is 12.9 Å². The molecular weight excluding hydrogens is 567 g/mol. The highest BCUT2D eigenvalue weighted by molar-refractivity contribution is 6.07. The van der Waals surface area contributed by atoms with Crippen molar-refractivity contribution in [2.24, 2.45) is 0 Å². The molecule has 0 bridgehead atoms. The Labute approximate surface area is 275 Å². The fourth-order valence-corrected chi connectivity index (χ4v) is 7.75. The summed E-state index contributed by atoms with van der Waals surface area (Å²) in [6.07, 6.45) is 0. The summed E-state index contributed by atoms with van der Waals surface area (Å²) in [4.78, 5) is 5.22. The molecule has 8 aromatic rings. The molecule has 1 heteroatoms. The van der Waals surface area contributed by atoms with E-state index in [-0.39, 0.29) is 0 Å². The van der Waals surface area contributed by atoms with Gasteiger partial charge in [-0.15, -0.1) is 0 Å². The minimum absolute atomic E-state index is 0.498. The summed E-state index contributed by atoms with van der Waals surface area (Å²) >= 11 is 0. The molecule has 1 heterocycles. The Morgan fingerprint density at radius 3 is 1.47 bits per heavy atom. The summed E-state index contributed by atoms with van der Waals surface area (Å²) < 4.78 is 0. The lowest BCUT2D eigenvalue weighted by molar-refractivity contribution is 0.775. The van der Waals surface area contributed by atoms with Gasteiger partial charge in [0.25, 0.3) is 0 Å². The summed E-state index contributed by atoms with van der Waals surface area (Å²) in [7, 11) is 0. The monoisotopic (exact) mass is 597 g/mol. The van der Waals surface area contributed by atoms with E-state index in [4.69, 9.17) is 4.98 Å². The summed E-state index contributed by atoms with van der Waals surface area (Å²) in [5.41, 5.74) is 13.8. The van der Waals surface area contributed by atoms with Crippen LogP contribution in [0.15, 0.2) is 188 Å². The van der Waals surface area contributed by atoms with E-state index in [1.165, 1.54) is 49.7 Å². The van der Waals surface area contributed by atoms with Crippen LogP contribution in [0.1, 0.15) is 22.3 Å². The Kier molecular flexibility index (Phi) is 6.43. The first-order valence-electron chi connectivity index (χ1n) is 16.2. The Hall–Kier alpha value is -6.05. The van der Waals surface area contributed by atoms with Crippen molar-refractivity contribution < 1.29 is 0 Å². The molecule has 1 aliphatic rings. The standard InChI is InChI=1S/C46H31N/c1-5-17-32(18-6-1)42-30-35(31-43(47-42)33-19-7-2-8-20-33)40-29-34-21-13-14-26-38(34)45-44(40)39-27-15-16-28-41(39)46(45,36-22-9-3-10-23-36)37-24-11-4-12-25-37/h1-31H. The van der Waals surface area contributed by atoms with E-state index >= 15 is 0 Å². The SMILES string of the molecule is c1ccc(-c2cc(-c3cc4ccccc4c4c3-c3ccccc3C4(c3ccccc3)c3ccccc3)cc(-c3ccccc3)n2)cc1. The minimum atomic E-state index is -0.498. The van der Waals surface area contributed by atoms with Gasteiger partial charge in [0.15, 0.2) is 0 Å². The largest absolute Gasteiger partial charge is 0.248 e. The highest BCUT2D eigenvalue weighted by atomic mass is 14.7. The van der Waals surface area contributed by atoms with Crippen molar-refractivity contribution in [1.82, 2.24) is 4.98 Å². The summed E-state index contributed by atoms with van der Waals surface area (Å²) in [5.74, 6) is 0. The lowest BCUT2D eigenvalue weighted by Crippen LogP contribution is -2.28. The number of pyridine rings is 1. The van der Waals surface area contributed by atoms with E-state index in [0.29, 0.717) is 0 Å².